The molecule has 4 rings (SSSR count). The third kappa shape index (κ3) is 3.49. The van der Waals surface area contributed by atoms with Gasteiger partial charge in [0.1, 0.15) is 4.88 Å². The molecule has 2 aliphatic heterocycles. The molecule has 3 heterocycles. The summed E-state index contributed by atoms with van der Waals surface area (Å²) in [6.45, 7) is 3.75. The van der Waals surface area contributed by atoms with E-state index < -0.39 is 11.4 Å². The van der Waals surface area contributed by atoms with Crippen molar-refractivity contribution in [3.05, 3.63) is 47.0 Å². The van der Waals surface area contributed by atoms with E-state index in [2.05, 4.69) is 9.88 Å². The van der Waals surface area contributed by atoms with Gasteiger partial charge in [0.15, 0.2) is 5.13 Å². The smallest absolute Gasteiger partial charge is 0.314 e. The van der Waals surface area contributed by atoms with Gasteiger partial charge in [-0.05, 0) is 18.4 Å². The van der Waals surface area contributed by atoms with E-state index in [0.29, 0.717) is 44.0 Å². The first-order valence-corrected chi connectivity index (χ1v) is 10.3. The zero-order valence-corrected chi connectivity index (χ0v) is 16.4. The number of aliphatic carboxylic acids is 1. The summed E-state index contributed by atoms with van der Waals surface area (Å²) in [7, 11) is 0. The molecule has 2 aromatic rings. The SMILES string of the molecule is O=C(c1cnc(N2CCOCC2)s1)N1CCC(C(=O)O)(c2ccccc2)CC1. The third-order valence-electron chi connectivity index (χ3n) is 5.63. The number of carbonyl (C=O) groups is 2. The van der Waals surface area contributed by atoms with Crippen molar-refractivity contribution in [3.63, 3.8) is 0 Å². The number of ether oxygens (including phenoxy) is 1. The van der Waals surface area contributed by atoms with Crippen molar-refractivity contribution >= 4 is 28.3 Å². The van der Waals surface area contributed by atoms with Crippen LogP contribution in [-0.2, 0) is 14.9 Å². The van der Waals surface area contributed by atoms with Gasteiger partial charge in [0.05, 0.1) is 24.8 Å². The standard InChI is InChI=1S/C20H23N3O4S/c24-17(16-14-21-19(28-16)23-10-12-27-13-11-23)22-8-6-20(7-9-22,18(25)26)15-4-2-1-3-5-15/h1-5,14H,6-13H2,(H,25,26). The minimum atomic E-state index is -0.926. The van der Waals surface area contributed by atoms with E-state index in [9.17, 15) is 14.7 Å². The highest BCUT2D eigenvalue weighted by atomic mass is 32.1. The van der Waals surface area contributed by atoms with Crippen molar-refractivity contribution in [3.8, 4) is 0 Å². The van der Waals surface area contributed by atoms with E-state index in [1.807, 2.05) is 30.3 Å². The number of nitrogens with zero attached hydrogens (tertiary/aromatic N) is 3. The maximum absolute atomic E-state index is 12.9. The number of carbonyl (C=O) groups excluding carboxylic acids is 1. The molecule has 0 atom stereocenters. The Morgan fingerprint density at radius 2 is 1.75 bits per heavy atom. The van der Waals surface area contributed by atoms with Crippen LogP contribution in [0.5, 0.6) is 0 Å². The Morgan fingerprint density at radius 3 is 2.39 bits per heavy atom. The zero-order chi connectivity index (χ0) is 19.6. The lowest BCUT2D eigenvalue weighted by molar-refractivity contribution is -0.145. The molecule has 2 aliphatic rings. The topological polar surface area (TPSA) is 83.0 Å². The average molecular weight is 401 g/mol. The highest BCUT2D eigenvalue weighted by Crippen LogP contribution is 2.36. The third-order valence-corrected chi connectivity index (χ3v) is 6.67. The lowest BCUT2D eigenvalue weighted by Gasteiger charge is -2.39. The number of hydrogen-bond acceptors (Lipinski definition) is 6. The number of thiazole rings is 1. The van der Waals surface area contributed by atoms with Gasteiger partial charge in [0, 0.05) is 26.2 Å². The van der Waals surface area contributed by atoms with Gasteiger partial charge in [0.25, 0.3) is 5.91 Å². The Bertz CT molecular complexity index is 840. The summed E-state index contributed by atoms with van der Waals surface area (Å²) in [4.78, 5) is 33.9. The lowest BCUT2D eigenvalue weighted by Crippen LogP contribution is -2.49. The van der Waals surface area contributed by atoms with Crippen molar-refractivity contribution in [1.29, 1.82) is 0 Å². The second-order valence-electron chi connectivity index (χ2n) is 7.15. The number of morpholine rings is 1. The molecule has 28 heavy (non-hydrogen) atoms. The van der Waals surface area contributed by atoms with Crippen LogP contribution in [0.4, 0.5) is 5.13 Å². The fourth-order valence-corrected chi connectivity index (χ4v) is 4.83. The number of carboxylic acids is 1. The monoisotopic (exact) mass is 401 g/mol. The Morgan fingerprint density at radius 1 is 1.07 bits per heavy atom. The largest absolute Gasteiger partial charge is 0.481 e. The van der Waals surface area contributed by atoms with Crippen molar-refractivity contribution in [2.75, 3.05) is 44.3 Å². The van der Waals surface area contributed by atoms with Crippen LogP contribution in [0.25, 0.3) is 0 Å². The predicted octanol–water partition coefficient (Wildman–Crippen LogP) is 2.24. The van der Waals surface area contributed by atoms with E-state index >= 15 is 0 Å². The summed E-state index contributed by atoms with van der Waals surface area (Å²) in [5.41, 5.74) is -0.118. The number of anilines is 1. The molecule has 0 radical (unpaired) electrons. The summed E-state index contributed by atoms with van der Waals surface area (Å²) in [6, 6.07) is 9.34. The number of benzene rings is 1. The molecule has 1 aromatic carbocycles. The van der Waals surface area contributed by atoms with Crippen molar-refractivity contribution in [2.24, 2.45) is 0 Å². The zero-order valence-electron chi connectivity index (χ0n) is 15.5. The van der Waals surface area contributed by atoms with E-state index in [0.717, 1.165) is 23.8 Å². The molecule has 1 aromatic heterocycles. The lowest BCUT2D eigenvalue weighted by atomic mass is 9.73. The van der Waals surface area contributed by atoms with E-state index in [4.69, 9.17) is 4.74 Å². The Hall–Kier alpha value is -2.45. The molecule has 0 unspecified atom stereocenters. The molecule has 2 saturated heterocycles. The summed E-state index contributed by atoms with van der Waals surface area (Å²) in [5.74, 6) is -0.887. The molecule has 1 amide bonds. The number of piperidine rings is 1. The highest BCUT2D eigenvalue weighted by molar-refractivity contribution is 7.17. The fourth-order valence-electron chi connectivity index (χ4n) is 3.90. The van der Waals surface area contributed by atoms with Gasteiger partial charge in [-0.2, -0.15) is 0 Å². The van der Waals surface area contributed by atoms with Gasteiger partial charge in [0.2, 0.25) is 0 Å². The minimum Gasteiger partial charge on any atom is -0.481 e. The van der Waals surface area contributed by atoms with Gasteiger partial charge < -0.3 is 19.6 Å². The molecule has 2 fully saturated rings. The van der Waals surface area contributed by atoms with E-state index in [1.54, 1.807) is 11.1 Å². The predicted molar refractivity (Wildman–Crippen MR) is 106 cm³/mol. The normalized spacial score (nSPS) is 19.4. The average Bonchev–Trinajstić information content (AvgIpc) is 3.25. The van der Waals surface area contributed by atoms with Crippen molar-refractivity contribution in [1.82, 2.24) is 9.88 Å². The van der Waals surface area contributed by atoms with E-state index in [-0.39, 0.29) is 5.91 Å². The van der Waals surface area contributed by atoms with E-state index in [1.165, 1.54) is 11.3 Å². The van der Waals surface area contributed by atoms with Crippen molar-refractivity contribution < 1.29 is 19.4 Å². The van der Waals surface area contributed by atoms with Gasteiger partial charge in [-0.3, -0.25) is 9.59 Å². The van der Waals surface area contributed by atoms with Crippen LogP contribution in [0, 0.1) is 0 Å². The molecule has 0 aliphatic carbocycles. The summed E-state index contributed by atoms with van der Waals surface area (Å²) < 4.78 is 5.36. The molecular formula is C20H23N3O4S. The molecule has 1 N–H and O–H groups in total. The number of amides is 1. The fraction of sp³-hybridized carbons (Fsp3) is 0.450. The molecule has 0 spiro atoms. The number of aromatic nitrogens is 1. The second-order valence-corrected chi connectivity index (χ2v) is 8.16. The number of likely N-dealkylation sites (tertiary alicyclic amines) is 1. The van der Waals surface area contributed by atoms with Gasteiger partial charge in [-0.25, -0.2) is 4.98 Å². The Kier molecular flexibility index (Phi) is 5.32. The van der Waals surface area contributed by atoms with Crippen LogP contribution >= 0.6 is 11.3 Å². The molecule has 0 bridgehead atoms. The molecule has 148 valence electrons. The summed E-state index contributed by atoms with van der Waals surface area (Å²) in [6.07, 6.45) is 2.45. The number of hydrogen-bond donors (Lipinski definition) is 1. The van der Waals surface area contributed by atoms with Crippen molar-refractivity contribution in [2.45, 2.75) is 18.3 Å². The summed E-state index contributed by atoms with van der Waals surface area (Å²) >= 11 is 1.40. The van der Waals surface area contributed by atoms with Gasteiger partial charge >= 0.3 is 5.97 Å². The molecule has 7 nitrogen and oxygen atoms in total. The molecule has 0 saturated carbocycles. The van der Waals surface area contributed by atoms with Crippen LogP contribution in [0.2, 0.25) is 0 Å². The Labute approximate surface area is 167 Å². The molecular weight excluding hydrogens is 378 g/mol. The molecule has 8 heteroatoms. The van der Waals surface area contributed by atoms with Gasteiger partial charge in [-0.15, -0.1) is 0 Å². The van der Waals surface area contributed by atoms with Crippen LogP contribution in [-0.4, -0.2) is 66.3 Å². The van der Waals surface area contributed by atoms with Crippen LogP contribution in [0.3, 0.4) is 0 Å². The first-order valence-electron chi connectivity index (χ1n) is 9.47. The minimum absolute atomic E-state index is 0.0657. The first-order chi connectivity index (χ1) is 13.6. The highest BCUT2D eigenvalue weighted by Gasteiger charge is 2.44. The first kappa shape index (κ1) is 18.9. The van der Waals surface area contributed by atoms with Crippen LogP contribution < -0.4 is 4.90 Å². The maximum atomic E-state index is 12.9. The number of rotatable bonds is 4. The Balaban J connectivity index is 1.45. The summed E-state index contributed by atoms with van der Waals surface area (Å²) in [5, 5.41) is 10.7. The maximum Gasteiger partial charge on any atom is 0.314 e. The quantitative estimate of drug-likeness (QED) is 0.846. The van der Waals surface area contributed by atoms with Crippen LogP contribution in [0.15, 0.2) is 36.5 Å². The van der Waals surface area contributed by atoms with Gasteiger partial charge in [-0.1, -0.05) is 41.7 Å². The second kappa shape index (κ2) is 7.89. The van der Waals surface area contributed by atoms with Crippen LogP contribution in [0.1, 0.15) is 28.1 Å². The number of carboxylic acid groups (broad SMARTS) is 1.